The molecule has 4 heteroatoms. The zero-order valence-electron chi connectivity index (χ0n) is 9.35. The third kappa shape index (κ3) is 1.95. The van der Waals surface area contributed by atoms with Gasteiger partial charge in [0.25, 0.3) is 0 Å². The summed E-state index contributed by atoms with van der Waals surface area (Å²) in [6.45, 7) is 0. The monoisotopic (exact) mass is 300 g/mol. The molecule has 3 rings (SSSR count). The Balaban J connectivity index is 2.06. The summed E-state index contributed by atoms with van der Waals surface area (Å²) in [5.74, 6) is 0.266. The van der Waals surface area contributed by atoms with E-state index in [9.17, 15) is 4.79 Å². The fraction of sp³-hybridized carbons (Fsp3) is 0. The lowest BCUT2D eigenvalue weighted by Gasteiger charge is -1.97. The molecular weight excluding hydrogens is 292 g/mol. The first kappa shape index (κ1) is 11.2. The highest BCUT2D eigenvalue weighted by Gasteiger charge is 2.13. The van der Waals surface area contributed by atoms with Crippen LogP contribution in [-0.4, -0.2) is 15.8 Å². The van der Waals surface area contributed by atoms with Crippen LogP contribution >= 0.6 is 15.9 Å². The van der Waals surface area contributed by atoms with E-state index in [4.69, 9.17) is 0 Å². The Morgan fingerprint density at radius 3 is 2.72 bits per heavy atom. The van der Waals surface area contributed by atoms with Crippen LogP contribution in [0.15, 0.2) is 53.0 Å². The molecule has 0 spiro atoms. The molecule has 0 saturated heterocycles. The number of imidazole rings is 1. The van der Waals surface area contributed by atoms with Gasteiger partial charge in [-0.25, -0.2) is 4.98 Å². The highest BCUT2D eigenvalue weighted by atomic mass is 79.9. The SMILES string of the molecule is O=C(c1cccc(Br)c1)c1nc2ccccc2[nH]1. The normalized spacial score (nSPS) is 10.7. The smallest absolute Gasteiger partial charge is 0.228 e. The number of fused-ring (bicyclic) bond motifs is 1. The Morgan fingerprint density at radius 2 is 1.94 bits per heavy atom. The van der Waals surface area contributed by atoms with Crippen LogP contribution in [0.3, 0.4) is 0 Å². The second-order valence-electron chi connectivity index (χ2n) is 3.94. The molecule has 1 aromatic heterocycles. The summed E-state index contributed by atoms with van der Waals surface area (Å²) in [5, 5.41) is 0. The van der Waals surface area contributed by atoms with Gasteiger partial charge in [0, 0.05) is 10.0 Å². The van der Waals surface area contributed by atoms with Crippen LogP contribution in [0.4, 0.5) is 0 Å². The van der Waals surface area contributed by atoms with Crippen LogP contribution in [0.5, 0.6) is 0 Å². The van der Waals surface area contributed by atoms with Crippen molar-refractivity contribution in [3.8, 4) is 0 Å². The van der Waals surface area contributed by atoms with Crippen LogP contribution in [0.1, 0.15) is 16.2 Å². The van der Waals surface area contributed by atoms with Gasteiger partial charge in [0.05, 0.1) is 11.0 Å². The molecule has 0 aliphatic heterocycles. The summed E-state index contributed by atoms with van der Waals surface area (Å²) in [7, 11) is 0. The van der Waals surface area contributed by atoms with E-state index in [1.165, 1.54) is 0 Å². The molecule has 0 aliphatic rings. The minimum Gasteiger partial charge on any atom is -0.335 e. The number of aromatic amines is 1. The fourth-order valence-electron chi connectivity index (χ4n) is 1.83. The average Bonchev–Trinajstić information content (AvgIpc) is 2.81. The highest BCUT2D eigenvalue weighted by molar-refractivity contribution is 9.10. The molecule has 1 heterocycles. The Morgan fingerprint density at radius 1 is 1.11 bits per heavy atom. The Hall–Kier alpha value is -1.94. The number of benzene rings is 2. The number of hydrogen-bond donors (Lipinski definition) is 1. The van der Waals surface area contributed by atoms with Gasteiger partial charge in [-0.3, -0.25) is 4.79 Å². The maximum Gasteiger partial charge on any atom is 0.228 e. The molecule has 1 N–H and O–H groups in total. The molecule has 3 aromatic rings. The highest BCUT2D eigenvalue weighted by Crippen LogP contribution is 2.16. The second kappa shape index (κ2) is 4.38. The van der Waals surface area contributed by atoms with Crippen LogP contribution < -0.4 is 0 Å². The average molecular weight is 301 g/mol. The predicted octanol–water partition coefficient (Wildman–Crippen LogP) is 3.56. The summed E-state index contributed by atoms with van der Waals surface area (Å²) in [5.41, 5.74) is 2.29. The molecule has 0 aliphatic carbocycles. The van der Waals surface area contributed by atoms with E-state index in [0.717, 1.165) is 15.5 Å². The van der Waals surface area contributed by atoms with Crippen molar-refractivity contribution in [3.63, 3.8) is 0 Å². The minimum absolute atomic E-state index is 0.104. The number of ketones is 1. The summed E-state index contributed by atoms with van der Waals surface area (Å²) in [6, 6.07) is 14.9. The van der Waals surface area contributed by atoms with Gasteiger partial charge in [-0.15, -0.1) is 0 Å². The summed E-state index contributed by atoms with van der Waals surface area (Å²) >= 11 is 3.35. The van der Waals surface area contributed by atoms with Crippen molar-refractivity contribution in [2.24, 2.45) is 0 Å². The molecule has 0 radical (unpaired) electrons. The van der Waals surface area contributed by atoms with E-state index in [2.05, 4.69) is 25.9 Å². The van der Waals surface area contributed by atoms with Gasteiger partial charge in [-0.1, -0.05) is 40.2 Å². The Bertz CT molecular complexity index is 700. The number of carbonyl (C=O) groups excluding carboxylic acids is 1. The largest absolute Gasteiger partial charge is 0.335 e. The number of nitrogens with one attached hydrogen (secondary N) is 1. The van der Waals surface area contributed by atoms with Crippen LogP contribution in [0.2, 0.25) is 0 Å². The first-order valence-corrected chi connectivity index (χ1v) is 6.28. The van der Waals surface area contributed by atoms with Gasteiger partial charge in [0.1, 0.15) is 0 Å². The minimum atomic E-state index is -0.104. The van der Waals surface area contributed by atoms with Gasteiger partial charge >= 0.3 is 0 Å². The van der Waals surface area contributed by atoms with Crippen LogP contribution in [0.25, 0.3) is 11.0 Å². The fourth-order valence-corrected chi connectivity index (χ4v) is 2.23. The van der Waals surface area contributed by atoms with Crippen molar-refractivity contribution in [2.75, 3.05) is 0 Å². The molecule has 88 valence electrons. The zero-order chi connectivity index (χ0) is 12.5. The number of aromatic nitrogens is 2. The van der Waals surface area contributed by atoms with E-state index < -0.39 is 0 Å². The van der Waals surface area contributed by atoms with Gasteiger partial charge in [0.15, 0.2) is 5.82 Å². The Kier molecular flexibility index (Phi) is 2.72. The molecule has 0 atom stereocenters. The first-order valence-electron chi connectivity index (χ1n) is 5.49. The number of para-hydroxylation sites is 2. The zero-order valence-corrected chi connectivity index (χ0v) is 10.9. The maximum absolute atomic E-state index is 12.3. The molecule has 0 bridgehead atoms. The number of rotatable bonds is 2. The van der Waals surface area contributed by atoms with Gasteiger partial charge < -0.3 is 4.98 Å². The molecule has 0 fully saturated rings. The lowest BCUT2D eigenvalue weighted by Crippen LogP contribution is -2.03. The van der Waals surface area contributed by atoms with Crippen molar-refractivity contribution < 1.29 is 4.79 Å². The number of hydrogen-bond acceptors (Lipinski definition) is 2. The van der Waals surface area contributed by atoms with Gasteiger partial charge in [-0.05, 0) is 24.3 Å². The molecule has 3 nitrogen and oxygen atoms in total. The lowest BCUT2D eigenvalue weighted by molar-refractivity contribution is 0.103. The van der Waals surface area contributed by atoms with Gasteiger partial charge in [0.2, 0.25) is 5.78 Å². The third-order valence-corrected chi connectivity index (χ3v) is 3.18. The standard InChI is InChI=1S/C14H9BrN2O/c15-10-5-3-4-9(8-10)13(18)14-16-11-6-1-2-7-12(11)17-14/h1-8H,(H,16,17). The molecule has 0 amide bonds. The number of H-pyrrole nitrogens is 1. The van der Waals surface area contributed by atoms with Crippen molar-refractivity contribution in [3.05, 3.63) is 64.4 Å². The van der Waals surface area contributed by atoms with E-state index in [1.807, 2.05) is 36.4 Å². The number of halogens is 1. The molecule has 0 unspecified atom stereocenters. The number of carbonyl (C=O) groups is 1. The summed E-state index contributed by atoms with van der Waals surface area (Å²) < 4.78 is 0.879. The van der Waals surface area contributed by atoms with Gasteiger partial charge in [-0.2, -0.15) is 0 Å². The quantitative estimate of drug-likeness (QED) is 0.736. The van der Waals surface area contributed by atoms with E-state index >= 15 is 0 Å². The molecule has 18 heavy (non-hydrogen) atoms. The lowest BCUT2D eigenvalue weighted by atomic mass is 10.1. The number of nitrogens with zero attached hydrogens (tertiary/aromatic N) is 1. The molecule has 0 saturated carbocycles. The van der Waals surface area contributed by atoms with E-state index in [1.54, 1.807) is 12.1 Å². The van der Waals surface area contributed by atoms with Crippen molar-refractivity contribution >= 4 is 32.7 Å². The first-order chi connectivity index (χ1) is 8.74. The topological polar surface area (TPSA) is 45.8 Å². The van der Waals surface area contributed by atoms with Crippen molar-refractivity contribution in [1.82, 2.24) is 9.97 Å². The Labute approximate surface area is 112 Å². The summed E-state index contributed by atoms with van der Waals surface area (Å²) in [6.07, 6.45) is 0. The van der Waals surface area contributed by atoms with E-state index in [0.29, 0.717) is 11.4 Å². The molecular formula is C14H9BrN2O. The summed E-state index contributed by atoms with van der Waals surface area (Å²) in [4.78, 5) is 19.6. The van der Waals surface area contributed by atoms with Crippen LogP contribution in [-0.2, 0) is 0 Å². The van der Waals surface area contributed by atoms with Crippen molar-refractivity contribution in [1.29, 1.82) is 0 Å². The maximum atomic E-state index is 12.3. The van der Waals surface area contributed by atoms with Crippen LogP contribution in [0, 0.1) is 0 Å². The molecule has 2 aromatic carbocycles. The van der Waals surface area contributed by atoms with Crippen molar-refractivity contribution in [2.45, 2.75) is 0 Å². The second-order valence-corrected chi connectivity index (χ2v) is 4.86. The third-order valence-electron chi connectivity index (χ3n) is 2.69. The predicted molar refractivity (Wildman–Crippen MR) is 73.7 cm³/mol. The van der Waals surface area contributed by atoms with E-state index in [-0.39, 0.29) is 5.78 Å².